The van der Waals surface area contributed by atoms with Gasteiger partial charge in [-0.05, 0) is 114 Å². The van der Waals surface area contributed by atoms with Crippen LogP contribution in [0.3, 0.4) is 0 Å². The molecule has 5 aliphatic rings. The van der Waals surface area contributed by atoms with Crippen LogP contribution >= 0.6 is 0 Å². The second-order valence-corrected chi connectivity index (χ2v) is 18.6. The van der Waals surface area contributed by atoms with E-state index in [0.717, 1.165) is 52.8 Å². The van der Waals surface area contributed by atoms with Gasteiger partial charge in [0.2, 0.25) is 11.8 Å². The molecule has 2 saturated heterocycles. The molecule has 10 rings (SSSR count). The van der Waals surface area contributed by atoms with Crippen molar-refractivity contribution in [3.63, 3.8) is 0 Å². The number of hydrogen-bond donors (Lipinski definition) is 1. The van der Waals surface area contributed by atoms with Gasteiger partial charge in [-0.25, -0.2) is 9.69 Å². The molecule has 5 aromatic rings. The molecule has 4 heterocycles. The minimum Gasteiger partial charge on any atom is -0.493 e. The summed E-state index contributed by atoms with van der Waals surface area (Å²) < 4.78 is 35.2. The van der Waals surface area contributed by atoms with Crippen LogP contribution in [0, 0.1) is 17.8 Å². The van der Waals surface area contributed by atoms with Gasteiger partial charge in [0.25, 0.3) is 0 Å². The van der Waals surface area contributed by atoms with Gasteiger partial charge in [0.15, 0.2) is 11.5 Å². The number of fused-ring (bicyclic) bond motifs is 4. The molecular formula is C58H57N3O11. The van der Waals surface area contributed by atoms with Crippen molar-refractivity contribution in [2.75, 3.05) is 59.2 Å². The Morgan fingerprint density at radius 2 is 1.50 bits per heavy atom. The van der Waals surface area contributed by atoms with Gasteiger partial charge < -0.3 is 38.4 Å². The predicted molar refractivity (Wildman–Crippen MR) is 266 cm³/mol. The van der Waals surface area contributed by atoms with Gasteiger partial charge in [-0.3, -0.25) is 19.3 Å². The van der Waals surface area contributed by atoms with Crippen molar-refractivity contribution in [1.82, 2.24) is 9.80 Å². The van der Waals surface area contributed by atoms with Crippen LogP contribution in [-0.4, -0.2) is 99.1 Å². The molecule has 0 unspecified atom stereocenters. The van der Waals surface area contributed by atoms with Crippen LogP contribution in [0.25, 0.3) is 0 Å². The summed E-state index contributed by atoms with van der Waals surface area (Å²) in [6.45, 7) is -0.00672. The van der Waals surface area contributed by atoms with Crippen molar-refractivity contribution < 1.29 is 52.7 Å². The van der Waals surface area contributed by atoms with Gasteiger partial charge in [0.1, 0.15) is 36.5 Å². The Morgan fingerprint density at radius 3 is 2.21 bits per heavy atom. The molecular weight excluding hydrogens is 915 g/mol. The lowest BCUT2D eigenvalue weighted by Crippen LogP contribution is -2.57. The first kappa shape index (κ1) is 48.2. The Balaban J connectivity index is 1.27. The molecule has 0 aromatic heterocycles. The zero-order valence-electron chi connectivity index (χ0n) is 40.6. The van der Waals surface area contributed by atoms with E-state index >= 15 is 14.4 Å². The molecule has 0 bridgehead atoms. The summed E-state index contributed by atoms with van der Waals surface area (Å²) in [7, 11) is 4.61. The van der Waals surface area contributed by atoms with Crippen molar-refractivity contribution >= 4 is 29.6 Å². The number of rotatable bonds is 12. The number of ether oxygens (including phenoxy) is 6. The Bertz CT molecular complexity index is 2970. The number of hydrogen-bond acceptors (Lipinski definition) is 12. The van der Waals surface area contributed by atoms with Gasteiger partial charge in [-0.15, -0.1) is 0 Å². The first-order valence-corrected chi connectivity index (χ1v) is 24.5. The third-order valence-electron chi connectivity index (χ3n) is 14.6. The Morgan fingerprint density at radius 1 is 0.764 bits per heavy atom. The number of benzene rings is 5. The fourth-order valence-electron chi connectivity index (χ4n) is 11.5. The number of imide groups is 1. The number of nitrogens with zero attached hydrogens (tertiary/aromatic N) is 3. The summed E-state index contributed by atoms with van der Waals surface area (Å²) in [5.74, 6) is 4.72. The van der Waals surface area contributed by atoms with E-state index in [-0.39, 0.29) is 45.2 Å². The SMILES string of the molecule is COCCOC(=O)N1C(=O)[C@@]2(c3cc(C#CC4=CCCCC4)ccc31)[C@H](C(=O)N1CCc3cc(OC)c(OC)cc3C1)[C@H]1C(=O)O[C@H](c3ccccc3)[C@H](c3ccccc3)N1[C@@H]2c1cccc(OCCO)c1. The normalized spacial score (nSPS) is 23.2. The highest BCUT2D eigenvalue weighted by Gasteiger charge is 2.76. The molecule has 0 saturated carbocycles. The standard InChI is InChI=1S/C58H57N3O11/c1-67-30-31-71-57(66)60-46-25-24-38(23-22-37-14-7-4-8-15-37)32-45(46)58(56(60)65)49(54(63)59-27-26-41-34-47(68-2)48(69-3)35-43(41)36-59)51-55(64)72-52(40-18-11-6-12-19-40)50(39-16-9-5-10-17-39)61(51)53(58)42-20-13-21-44(33-42)70-29-28-62/h5-6,9-14,16-21,24-25,32-35,49-53,62H,4,7-8,15,26-31,36H2,1-3H3/t49-,50-,51-,52+,53+,58-/m0/s1. The minimum atomic E-state index is -2.04. The number of amides is 3. The maximum Gasteiger partial charge on any atom is 0.421 e. The second-order valence-electron chi connectivity index (χ2n) is 18.6. The first-order valence-electron chi connectivity index (χ1n) is 24.5. The van der Waals surface area contributed by atoms with Crippen molar-refractivity contribution in [2.45, 2.75) is 68.3 Å². The molecule has 2 fully saturated rings. The average Bonchev–Trinajstić information content (AvgIpc) is 3.88. The zero-order chi connectivity index (χ0) is 49.9. The second kappa shape index (κ2) is 20.7. The molecule has 1 N–H and O–H groups in total. The third kappa shape index (κ3) is 8.55. The zero-order valence-corrected chi connectivity index (χ0v) is 40.6. The number of carbonyl (C=O) groups excluding carboxylic acids is 4. The van der Waals surface area contributed by atoms with Crippen LogP contribution in [0.1, 0.15) is 82.8 Å². The highest BCUT2D eigenvalue weighted by molar-refractivity contribution is 6.23. The summed E-state index contributed by atoms with van der Waals surface area (Å²) in [6, 6.07) is 31.9. The molecule has 0 radical (unpaired) electrons. The number of allylic oxidation sites excluding steroid dienone is 2. The molecule has 1 spiro atoms. The topological polar surface area (TPSA) is 154 Å². The largest absolute Gasteiger partial charge is 0.493 e. The predicted octanol–water partition coefficient (Wildman–Crippen LogP) is 7.96. The van der Waals surface area contributed by atoms with Crippen LogP contribution in [0.4, 0.5) is 10.5 Å². The van der Waals surface area contributed by atoms with Gasteiger partial charge in [-0.1, -0.05) is 90.7 Å². The van der Waals surface area contributed by atoms with Crippen molar-refractivity contribution in [2.24, 2.45) is 5.92 Å². The minimum absolute atomic E-state index is 0.0177. The molecule has 6 atom stereocenters. The number of aliphatic hydroxyl groups is 1. The molecule has 5 aromatic carbocycles. The Kier molecular flexibility index (Phi) is 13.9. The Labute approximate surface area is 419 Å². The molecule has 14 nitrogen and oxygen atoms in total. The average molecular weight is 972 g/mol. The van der Waals surface area contributed by atoms with Crippen LogP contribution in [0.5, 0.6) is 17.2 Å². The van der Waals surface area contributed by atoms with Crippen LogP contribution in [0.2, 0.25) is 0 Å². The van der Waals surface area contributed by atoms with E-state index in [9.17, 15) is 9.90 Å². The van der Waals surface area contributed by atoms with Crippen molar-refractivity contribution in [3.05, 3.63) is 166 Å². The van der Waals surface area contributed by atoms with Crippen LogP contribution < -0.4 is 19.1 Å². The summed E-state index contributed by atoms with van der Waals surface area (Å²) in [6.07, 6.45) is 4.59. The van der Waals surface area contributed by atoms with Crippen molar-refractivity contribution in [3.8, 4) is 29.1 Å². The number of carbonyl (C=O) groups is 4. The summed E-state index contributed by atoms with van der Waals surface area (Å²) in [4.78, 5) is 68.4. The lowest BCUT2D eigenvalue weighted by molar-refractivity contribution is -0.179. The molecule has 370 valence electrons. The molecule has 3 amide bonds. The van der Waals surface area contributed by atoms with E-state index in [1.165, 1.54) is 7.11 Å². The third-order valence-corrected chi connectivity index (χ3v) is 14.6. The first-order chi connectivity index (χ1) is 35.2. The van der Waals surface area contributed by atoms with E-state index < -0.39 is 59.4 Å². The number of cyclic esters (lactones) is 1. The number of morpholine rings is 1. The monoisotopic (exact) mass is 971 g/mol. The molecule has 14 heteroatoms. The van der Waals surface area contributed by atoms with Gasteiger partial charge in [0.05, 0.1) is 51.1 Å². The van der Waals surface area contributed by atoms with Crippen LogP contribution in [-0.2, 0) is 47.0 Å². The highest BCUT2D eigenvalue weighted by Crippen LogP contribution is 2.66. The Hall–Kier alpha value is -7.44. The maximum atomic E-state index is 16.7. The quantitative estimate of drug-likeness (QED) is 0.0734. The van der Waals surface area contributed by atoms with E-state index in [4.69, 9.17) is 28.4 Å². The lowest BCUT2D eigenvalue weighted by atomic mass is 9.64. The van der Waals surface area contributed by atoms with E-state index in [0.29, 0.717) is 45.9 Å². The molecule has 72 heavy (non-hydrogen) atoms. The lowest BCUT2D eigenvalue weighted by Gasteiger charge is -2.46. The fourth-order valence-corrected chi connectivity index (χ4v) is 11.5. The maximum absolute atomic E-state index is 16.7. The van der Waals surface area contributed by atoms with E-state index in [1.807, 2.05) is 89.8 Å². The summed E-state index contributed by atoms with van der Waals surface area (Å²) >= 11 is 0. The van der Waals surface area contributed by atoms with E-state index in [1.54, 1.807) is 49.5 Å². The smallest absolute Gasteiger partial charge is 0.421 e. The summed E-state index contributed by atoms with van der Waals surface area (Å²) in [5, 5.41) is 9.89. The summed E-state index contributed by atoms with van der Waals surface area (Å²) in [5.41, 5.74) is 3.82. The van der Waals surface area contributed by atoms with Crippen molar-refractivity contribution in [1.29, 1.82) is 0 Å². The number of aliphatic hydroxyl groups excluding tert-OH is 1. The van der Waals surface area contributed by atoms with Gasteiger partial charge in [-0.2, -0.15) is 0 Å². The molecule has 1 aliphatic carbocycles. The molecule has 4 aliphatic heterocycles. The number of anilines is 1. The van der Waals surface area contributed by atoms with Crippen LogP contribution in [0.15, 0.2) is 127 Å². The highest BCUT2D eigenvalue weighted by atomic mass is 16.6. The van der Waals surface area contributed by atoms with Gasteiger partial charge >= 0.3 is 12.1 Å². The number of methoxy groups -OCH3 is 3. The van der Waals surface area contributed by atoms with Gasteiger partial charge in [0, 0.05) is 25.8 Å². The van der Waals surface area contributed by atoms with E-state index in [2.05, 4.69) is 17.9 Å². The fraction of sp³-hybridized carbons (Fsp3) is 0.345. The number of esters is 1.